The molecule has 0 aliphatic heterocycles. The highest BCUT2D eigenvalue weighted by atomic mass is 16.3. The van der Waals surface area contributed by atoms with Crippen LogP contribution >= 0.6 is 0 Å². The number of allylic oxidation sites excluding steroid dienone is 1. The largest absolute Gasteiger partial charge is 0.393 e. The van der Waals surface area contributed by atoms with E-state index in [1.807, 2.05) is 6.92 Å². The average Bonchev–Trinajstić information content (AvgIpc) is 2.18. The van der Waals surface area contributed by atoms with Crippen LogP contribution in [0.4, 0.5) is 0 Å². The summed E-state index contributed by atoms with van der Waals surface area (Å²) >= 11 is 0. The molecule has 82 valence electrons. The lowest BCUT2D eigenvalue weighted by Gasteiger charge is -2.33. The fourth-order valence-electron chi connectivity index (χ4n) is 2.35. The van der Waals surface area contributed by atoms with Crippen molar-refractivity contribution in [1.29, 1.82) is 0 Å². The van der Waals surface area contributed by atoms with Crippen LogP contribution in [0.25, 0.3) is 0 Å². The molecule has 0 fully saturated rings. The first-order chi connectivity index (χ1) is 6.66. The fraction of sp³-hybridized carbons (Fsp3) is 0.833. The van der Waals surface area contributed by atoms with Gasteiger partial charge in [-0.1, -0.05) is 25.5 Å². The van der Waals surface area contributed by atoms with Gasteiger partial charge in [-0.3, -0.25) is 0 Å². The number of hydrogen-bond donors (Lipinski definition) is 2. The van der Waals surface area contributed by atoms with Gasteiger partial charge >= 0.3 is 0 Å². The summed E-state index contributed by atoms with van der Waals surface area (Å²) < 4.78 is 0. The van der Waals surface area contributed by atoms with E-state index in [4.69, 9.17) is 0 Å². The first-order valence-electron chi connectivity index (χ1n) is 5.69. The number of hydrogen-bond acceptors (Lipinski definition) is 2. The Morgan fingerprint density at radius 2 is 2.14 bits per heavy atom. The molecule has 0 heterocycles. The molecular weight excluding hydrogens is 176 g/mol. The molecular formula is C12H22O2. The van der Waals surface area contributed by atoms with Crippen LogP contribution in [0.3, 0.4) is 0 Å². The highest BCUT2D eigenvalue weighted by molar-refractivity contribution is 5.00. The molecule has 0 aromatic heterocycles. The van der Waals surface area contributed by atoms with E-state index in [1.165, 1.54) is 0 Å². The molecule has 0 radical (unpaired) electrons. The Bertz CT molecular complexity index is 187. The molecule has 1 aliphatic rings. The first kappa shape index (κ1) is 11.7. The number of aliphatic hydroxyl groups excluding tert-OH is 2. The molecule has 0 saturated heterocycles. The van der Waals surface area contributed by atoms with Crippen LogP contribution < -0.4 is 0 Å². The quantitative estimate of drug-likeness (QED) is 0.679. The normalized spacial score (nSPS) is 31.4. The molecule has 2 N–H and O–H groups in total. The van der Waals surface area contributed by atoms with Crippen molar-refractivity contribution in [2.45, 2.75) is 51.7 Å². The van der Waals surface area contributed by atoms with Crippen LogP contribution in [0.2, 0.25) is 0 Å². The van der Waals surface area contributed by atoms with Gasteiger partial charge in [-0.05, 0) is 32.1 Å². The van der Waals surface area contributed by atoms with Gasteiger partial charge in [0, 0.05) is 5.92 Å². The average molecular weight is 198 g/mol. The highest BCUT2D eigenvalue weighted by Crippen LogP contribution is 2.31. The maximum Gasteiger partial charge on any atom is 0.0578 e. The van der Waals surface area contributed by atoms with Crippen LogP contribution in [0, 0.1) is 11.8 Å². The van der Waals surface area contributed by atoms with E-state index in [0.29, 0.717) is 0 Å². The van der Waals surface area contributed by atoms with Crippen LogP contribution in [-0.2, 0) is 0 Å². The molecule has 1 aliphatic carbocycles. The highest BCUT2D eigenvalue weighted by Gasteiger charge is 2.30. The van der Waals surface area contributed by atoms with Crippen LogP contribution in [0.1, 0.15) is 39.5 Å². The molecule has 0 aromatic rings. The molecule has 1 rings (SSSR count). The molecule has 2 heteroatoms. The molecule has 0 aromatic carbocycles. The summed E-state index contributed by atoms with van der Waals surface area (Å²) in [7, 11) is 0. The van der Waals surface area contributed by atoms with Crippen LogP contribution in [0.15, 0.2) is 12.2 Å². The second-order valence-corrected chi connectivity index (χ2v) is 4.34. The lowest BCUT2D eigenvalue weighted by molar-refractivity contribution is 0.0222. The SMILES string of the molecule is CCCC(O)C1CCC=CC1C(C)O. The lowest BCUT2D eigenvalue weighted by Crippen LogP contribution is -2.34. The lowest BCUT2D eigenvalue weighted by atomic mass is 9.76. The topological polar surface area (TPSA) is 40.5 Å². The minimum atomic E-state index is -0.344. The van der Waals surface area contributed by atoms with Gasteiger partial charge in [0.25, 0.3) is 0 Å². The Balaban J connectivity index is 2.60. The maximum atomic E-state index is 9.95. The zero-order valence-corrected chi connectivity index (χ0v) is 9.19. The van der Waals surface area contributed by atoms with Gasteiger partial charge in [0.15, 0.2) is 0 Å². The summed E-state index contributed by atoms with van der Waals surface area (Å²) in [6.07, 6.45) is 7.49. The van der Waals surface area contributed by atoms with Crippen molar-refractivity contribution in [3.05, 3.63) is 12.2 Å². The minimum absolute atomic E-state index is 0.144. The van der Waals surface area contributed by atoms with Gasteiger partial charge in [0.2, 0.25) is 0 Å². The van der Waals surface area contributed by atoms with Crippen molar-refractivity contribution >= 4 is 0 Å². The Morgan fingerprint density at radius 3 is 2.71 bits per heavy atom. The van der Waals surface area contributed by atoms with Gasteiger partial charge in [0.05, 0.1) is 12.2 Å². The maximum absolute atomic E-state index is 9.95. The van der Waals surface area contributed by atoms with Crippen LogP contribution in [0.5, 0.6) is 0 Å². The standard InChI is InChI=1S/C12H22O2/c1-3-6-12(14)11-8-5-4-7-10(11)9(2)13/h4,7,9-14H,3,5-6,8H2,1-2H3. The molecule has 2 nitrogen and oxygen atoms in total. The molecule has 0 amide bonds. The summed E-state index contributed by atoms with van der Waals surface area (Å²) in [6, 6.07) is 0. The summed E-state index contributed by atoms with van der Waals surface area (Å²) in [5, 5.41) is 19.6. The van der Waals surface area contributed by atoms with Gasteiger partial charge in [0.1, 0.15) is 0 Å². The molecule has 14 heavy (non-hydrogen) atoms. The van der Waals surface area contributed by atoms with E-state index in [2.05, 4.69) is 19.1 Å². The monoisotopic (exact) mass is 198 g/mol. The van der Waals surface area contributed by atoms with E-state index < -0.39 is 0 Å². The smallest absolute Gasteiger partial charge is 0.0578 e. The Labute approximate surface area is 86.6 Å². The molecule has 4 unspecified atom stereocenters. The third kappa shape index (κ3) is 2.82. The molecule has 0 saturated carbocycles. The predicted octanol–water partition coefficient (Wildman–Crippen LogP) is 2.11. The van der Waals surface area contributed by atoms with Crippen LogP contribution in [-0.4, -0.2) is 22.4 Å². The van der Waals surface area contributed by atoms with Gasteiger partial charge < -0.3 is 10.2 Å². The first-order valence-corrected chi connectivity index (χ1v) is 5.69. The van der Waals surface area contributed by atoms with E-state index >= 15 is 0 Å². The Kier molecular flexibility index (Phi) is 4.63. The molecule has 0 bridgehead atoms. The number of rotatable bonds is 4. The summed E-state index contributed by atoms with van der Waals surface area (Å²) in [5.74, 6) is 0.394. The van der Waals surface area contributed by atoms with Gasteiger partial charge in [-0.15, -0.1) is 0 Å². The van der Waals surface area contributed by atoms with Crippen molar-refractivity contribution in [2.24, 2.45) is 11.8 Å². The van der Waals surface area contributed by atoms with E-state index in [-0.39, 0.29) is 24.0 Å². The molecule has 0 spiro atoms. The number of aliphatic hydroxyl groups is 2. The van der Waals surface area contributed by atoms with Gasteiger partial charge in [-0.25, -0.2) is 0 Å². The second-order valence-electron chi connectivity index (χ2n) is 4.34. The van der Waals surface area contributed by atoms with Crippen molar-refractivity contribution in [2.75, 3.05) is 0 Å². The summed E-state index contributed by atoms with van der Waals surface area (Å²) in [4.78, 5) is 0. The van der Waals surface area contributed by atoms with Gasteiger partial charge in [-0.2, -0.15) is 0 Å². The molecule has 4 atom stereocenters. The zero-order valence-electron chi connectivity index (χ0n) is 9.19. The summed E-state index contributed by atoms with van der Waals surface area (Å²) in [6.45, 7) is 3.89. The second kappa shape index (κ2) is 5.52. The van der Waals surface area contributed by atoms with E-state index in [0.717, 1.165) is 25.7 Å². The van der Waals surface area contributed by atoms with Crippen molar-refractivity contribution in [3.63, 3.8) is 0 Å². The third-order valence-corrected chi connectivity index (χ3v) is 3.16. The van der Waals surface area contributed by atoms with Crippen molar-refractivity contribution < 1.29 is 10.2 Å². The Hall–Kier alpha value is -0.340. The fourth-order valence-corrected chi connectivity index (χ4v) is 2.35. The third-order valence-electron chi connectivity index (χ3n) is 3.16. The Morgan fingerprint density at radius 1 is 1.43 bits per heavy atom. The van der Waals surface area contributed by atoms with E-state index in [9.17, 15) is 10.2 Å². The predicted molar refractivity (Wildman–Crippen MR) is 57.9 cm³/mol. The summed E-state index contributed by atoms with van der Waals surface area (Å²) in [5.41, 5.74) is 0. The zero-order chi connectivity index (χ0) is 10.6. The minimum Gasteiger partial charge on any atom is -0.393 e. The van der Waals surface area contributed by atoms with Crippen molar-refractivity contribution in [1.82, 2.24) is 0 Å². The van der Waals surface area contributed by atoms with Crippen molar-refractivity contribution in [3.8, 4) is 0 Å². The van der Waals surface area contributed by atoms with E-state index in [1.54, 1.807) is 0 Å².